The lowest BCUT2D eigenvalue weighted by Crippen LogP contribution is -2.06. The van der Waals surface area contributed by atoms with E-state index < -0.39 is 0 Å². The highest BCUT2D eigenvalue weighted by molar-refractivity contribution is 5.95. The normalized spacial score (nSPS) is 31.2. The summed E-state index contributed by atoms with van der Waals surface area (Å²) >= 11 is 0. The molecule has 0 spiro atoms. The molecule has 9 heavy (non-hydrogen) atoms. The van der Waals surface area contributed by atoms with Crippen LogP contribution in [0.4, 0.5) is 0 Å². The van der Waals surface area contributed by atoms with Crippen LogP contribution in [-0.4, -0.2) is 10.9 Å². The maximum absolute atomic E-state index is 8.35. The molecule has 0 saturated heterocycles. The maximum Gasteiger partial charge on any atom is 0.0795 e. The quantitative estimate of drug-likeness (QED) is 0.388. The number of oxime groups is 1. The lowest BCUT2D eigenvalue weighted by atomic mass is 9.95. The zero-order valence-electron chi connectivity index (χ0n) is 5.54. The number of hydrogen-bond donors (Lipinski definition) is 1. The van der Waals surface area contributed by atoms with Gasteiger partial charge in [0.2, 0.25) is 0 Å². The van der Waals surface area contributed by atoms with Crippen molar-refractivity contribution in [3.05, 3.63) is 12.2 Å². The van der Waals surface area contributed by atoms with Crippen molar-refractivity contribution in [1.29, 1.82) is 0 Å². The molecule has 0 saturated carbocycles. The van der Waals surface area contributed by atoms with E-state index in [2.05, 4.69) is 12.1 Å². The molecule has 0 heterocycles. The minimum atomic E-state index is 0.640. The van der Waals surface area contributed by atoms with Crippen LogP contribution in [-0.2, 0) is 0 Å². The van der Waals surface area contributed by atoms with Gasteiger partial charge in [0.1, 0.15) is 0 Å². The van der Waals surface area contributed by atoms with Crippen molar-refractivity contribution in [1.82, 2.24) is 0 Å². The van der Waals surface area contributed by atoms with E-state index in [1.165, 1.54) is 0 Å². The summed E-state index contributed by atoms with van der Waals surface area (Å²) in [6.07, 6.45) is 5.94. The first-order valence-corrected chi connectivity index (χ1v) is 3.20. The zero-order valence-corrected chi connectivity index (χ0v) is 5.54. The molecule has 0 aliphatic heterocycles. The van der Waals surface area contributed by atoms with E-state index in [9.17, 15) is 0 Å². The van der Waals surface area contributed by atoms with E-state index in [4.69, 9.17) is 5.21 Å². The molecule has 0 amide bonds. The third-order valence-electron chi connectivity index (χ3n) is 1.53. The lowest BCUT2D eigenvalue weighted by molar-refractivity contribution is 0.316. The molecule has 1 rings (SSSR count). The van der Waals surface area contributed by atoms with Gasteiger partial charge in [-0.25, -0.2) is 0 Å². The van der Waals surface area contributed by atoms with E-state index in [-0.39, 0.29) is 0 Å². The first-order chi connectivity index (χ1) is 4.33. The fraction of sp³-hybridized carbons (Fsp3) is 0.571. The van der Waals surface area contributed by atoms with Gasteiger partial charge in [0.05, 0.1) is 5.71 Å². The second-order valence-corrected chi connectivity index (χ2v) is 2.54. The van der Waals surface area contributed by atoms with Gasteiger partial charge in [-0.2, -0.15) is 0 Å². The molecule has 1 aliphatic carbocycles. The Morgan fingerprint density at radius 3 is 3.00 bits per heavy atom. The molecular weight excluding hydrogens is 114 g/mol. The molecule has 2 heteroatoms. The minimum Gasteiger partial charge on any atom is -0.411 e. The SMILES string of the molecule is CC1CC=CC(=NO)C1. The summed E-state index contributed by atoms with van der Waals surface area (Å²) in [4.78, 5) is 0. The van der Waals surface area contributed by atoms with E-state index in [1.807, 2.05) is 12.2 Å². The summed E-state index contributed by atoms with van der Waals surface area (Å²) < 4.78 is 0. The van der Waals surface area contributed by atoms with Crippen LogP contribution in [0.5, 0.6) is 0 Å². The van der Waals surface area contributed by atoms with Crippen molar-refractivity contribution in [3.8, 4) is 0 Å². The Hall–Kier alpha value is -0.790. The van der Waals surface area contributed by atoms with Crippen molar-refractivity contribution in [2.45, 2.75) is 19.8 Å². The fourth-order valence-corrected chi connectivity index (χ4v) is 1.02. The van der Waals surface area contributed by atoms with Crippen molar-refractivity contribution in [3.63, 3.8) is 0 Å². The maximum atomic E-state index is 8.35. The molecule has 1 N–H and O–H groups in total. The summed E-state index contributed by atoms with van der Waals surface area (Å²) in [5, 5.41) is 11.5. The number of rotatable bonds is 0. The van der Waals surface area contributed by atoms with Crippen molar-refractivity contribution in [2.75, 3.05) is 0 Å². The number of nitrogens with zero attached hydrogens (tertiary/aromatic N) is 1. The molecule has 0 fully saturated rings. The minimum absolute atomic E-state index is 0.640. The highest BCUT2D eigenvalue weighted by Crippen LogP contribution is 2.14. The van der Waals surface area contributed by atoms with E-state index in [0.717, 1.165) is 18.6 Å². The summed E-state index contributed by atoms with van der Waals surface area (Å²) in [6, 6.07) is 0. The van der Waals surface area contributed by atoms with Crippen LogP contribution in [0.25, 0.3) is 0 Å². The third kappa shape index (κ3) is 1.56. The van der Waals surface area contributed by atoms with Crippen LogP contribution in [0.1, 0.15) is 19.8 Å². The first kappa shape index (κ1) is 6.33. The van der Waals surface area contributed by atoms with E-state index in [1.54, 1.807) is 0 Å². The topological polar surface area (TPSA) is 32.6 Å². The molecule has 1 aliphatic rings. The highest BCUT2D eigenvalue weighted by Gasteiger charge is 2.07. The Bertz CT molecular complexity index is 149. The monoisotopic (exact) mass is 125 g/mol. The lowest BCUT2D eigenvalue weighted by Gasteiger charge is -2.11. The van der Waals surface area contributed by atoms with Gasteiger partial charge in [-0.1, -0.05) is 18.2 Å². The molecular formula is C7H11NO. The Morgan fingerprint density at radius 1 is 1.78 bits per heavy atom. The van der Waals surface area contributed by atoms with Gasteiger partial charge in [0.15, 0.2) is 0 Å². The van der Waals surface area contributed by atoms with Crippen LogP contribution in [0.3, 0.4) is 0 Å². The van der Waals surface area contributed by atoms with Crippen LogP contribution in [0, 0.1) is 5.92 Å². The van der Waals surface area contributed by atoms with Gasteiger partial charge in [0, 0.05) is 0 Å². The molecule has 0 bridgehead atoms. The van der Waals surface area contributed by atoms with Crippen LogP contribution < -0.4 is 0 Å². The van der Waals surface area contributed by atoms with Crippen LogP contribution >= 0.6 is 0 Å². The second-order valence-electron chi connectivity index (χ2n) is 2.54. The summed E-state index contributed by atoms with van der Waals surface area (Å²) in [5.41, 5.74) is 0.800. The average molecular weight is 125 g/mol. The van der Waals surface area contributed by atoms with Crippen LogP contribution in [0.15, 0.2) is 17.3 Å². The van der Waals surface area contributed by atoms with E-state index in [0.29, 0.717) is 5.92 Å². The molecule has 0 radical (unpaired) electrons. The molecule has 1 atom stereocenters. The predicted molar refractivity (Wildman–Crippen MR) is 36.8 cm³/mol. The molecule has 0 aromatic heterocycles. The average Bonchev–Trinajstić information content (AvgIpc) is 1.88. The Morgan fingerprint density at radius 2 is 2.56 bits per heavy atom. The first-order valence-electron chi connectivity index (χ1n) is 3.20. The Labute approximate surface area is 54.9 Å². The van der Waals surface area contributed by atoms with Gasteiger partial charge < -0.3 is 5.21 Å². The number of allylic oxidation sites excluding steroid dienone is 2. The Balaban J connectivity index is 2.60. The van der Waals surface area contributed by atoms with Crippen molar-refractivity contribution in [2.24, 2.45) is 11.1 Å². The molecule has 50 valence electrons. The van der Waals surface area contributed by atoms with Crippen molar-refractivity contribution < 1.29 is 5.21 Å². The largest absolute Gasteiger partial charge is 0.411 e. The fourth-order valence-electron chi connectivity index (χ4n) is 1.02. The highest BCUT2D eigenvalue weighted by atomic mass is 16.4. The Kier molecular flexibility index (Phi) is 1.88. The summed E-state index contributed by atoms with van der Waals surface area (Å²) in [5.74, 6) is 0.640. The van der Waals surface area contributed by atoms with Gasteiger partial charge >= 0.3 is 0 Å². The van der Waals surface area contributed by atoms with Gasteiger partial charge in [-0.3, -0.25) is 0 Å². The third-order valence-corrected chi connectivity index (χ3v) is 1.53. The van der Waals surface area contributed by atoms with Gasteiger partial charge in [-0.15, -0.1) is 0 Å². The molecule has 0 aromatic rings. The molecule has 2 nitrogen and oxygen atoms in total. The van der Waals surface area contributed by atoms with Gasteiger partial charge in [-0.05, 0) is 24.8 Å². The number of hydrogen-bond acceptors (Lipinski definition) is 2. The predicted octanol–water partition coefficient (Wildman–Crippen LogP) is 1.80. The van der Waals surface area contributed by atoms with Gasteiger partial charge in [0.25, 0.3) is 0 Å². The van der Waals surface area contributed by atoms with Crippen LogP contribution in [0.2, 0.25) is 0 Å². The second kappa shape index (κ2) is 2.67. The molecule has 0 aromatic carbocycles. The van der Waals surface area contributed by atoms with E-state index >= 15 is 0 Å². The standard InChI is InChI=1S/C7H11NO/c1-6-3-2-4-7(5-6)8-9/h2,4,6,9H,3,5H2,1H3. The zero-order chi connectivity index (χ0) is 6.69. The smallest absolute Gasteiger partial charge is 0.0795 e. The van der Waals surface area contributed by atoms with Crippen molar-refractivity contribution >= 4 is 5.71 Å². The molecule has 1 unspecified atom stereocenters. The summed E-state index contributed by atoms with van der Waals surface area (Å²) in [7, 11) is 0. The summed E-state index contributed by atoms with van der Waals surface area (Å²) in [6.45, 7) is 2.15.